The van der Waals surface area contributed by atoms with E-state index in [1.54, 1.807) is 0 Å². The van der Waals surface area contributed by atoms with E-state index < -0.39 is 6.10 Å². The van der Waals surface area contributed by atoms with Crippen LogP contribution in [0.2, 0.25) is 0 Å². The highest BCUT2D eigenvalue weighted by Crippen LogP contribution is 2.33. The Morgan fingerprint density at radius 2 is 1.79 bits per heavy atom. The SMILES string of the molecule is O=C([C@H]1COCCO1)N1Cc2ccccc2[C@@H](c2ccccc2)C1. The van der Waals surface area contributed by atoms with E-state index >= 15 is 0 Å². The Bertz CT molecular complexity index is 710. The van der Waals surface area contributed by atoms with Crippen molar-refractivity contribution < 1.29 is 14.3 Å². The third-order valence-electron chi connectivity index (χ3n) is 4.80. The predicted molar refractivity (Wildman–Crippen MR) is 90.7 cm³/mol. The smallest absolute Gasteiger partial charge is 0.254 e. The van der Waals surface area contributed by atoms with Gasteiger partial charge in [0, 0.05) is 19.0 Å². The van der Waals surface area contributed by atoms with E-state index in [1.807, 2.05) is 17.0 Å². The van der Waals surface area contributed by atoms with E-state index in [4.69, 9.17) is 9.47 Å². The fraction of sp³-hybridized carbons (Fsp3) is 0.350. The van der Waals surface area contributed by atoms with Gasteiger partial charge < -0.3 is 14.4 Å². The number of rotatable bonds is 2. The van der Waals surface area contributed by atoms with Crippen LogP contribution < -0.4 is 0 Å². The molecule has 2 atom stereocenters. The van der Waals surface area contributed by atoms with Crippen molar-refractivity contribution in [2.24, 2.45) is 0 Å². The van der Waals surface area contributed by atoms with Crippen LogP contribution in [0, 0.1) is 0 Å². The molecule has 4 heteroatoms. The first-order valence-corrected chi connectivity index (χ1v) is 8.44. The van der Waals surface area contributed by atoms with E-state index in [0.717, 1.165) is 0 Å². The highest BCUT2D eigenvalue weighted by atomic mass is 16.6. The fourth-order valence-electron chi connectivity index (χ4n) is 3.58. The van der Waals surface area contributed by atoms with Crippen molar-refractivity contribution in [3.63, 3.8) is 0 Å². The number of nitrogens with zero attached hydrogens (tertiary/aromatic N) is 1. The Balaban J connectivity index is 1.64. The van der Waals surface area contributed by atoms with Crippen LogP contribution in [0.1, 0.15) is 22.6 Å². The lowest BCUT2D eigenvalue weighted by Gasteiger charge is -2.37. The van der Waals surface area contributed by atoms with Gasteiger partial charge in [-0.15, -0.1) is 0 Å². The standard InChI is InChI=1S/C20H21NO3/c22-20(19-14-23-10-11-24-19)21-12-16-8-4-5-9-17(16)18(13-21)15-6-2-1-3-7-15/h1-9,18-19H,10-14H2/t18-,19-/m1/s1. The Kier molecular flexibility index (Phi) is 4.32. The van der Waals surface area contributed by atoms with Gasteiger partial charge in [0.05, 0.1) is 19.8 Å². The monoisotopic (exact) mass is 323 g/mol. The molecule has 0 aliphatic carbocycles. The predicted octanol–water partition coefficient (Wildman–Crippen LogP) is 2.58. The molecule has 0 saturated carbocycles. The van der Waals surface area contributed by atoms with Crippen LogP contribution in [0.5, 0.6) is 0 Å². The zero-order valence-electron chi connectivity index (χ0n) is 13.6. The third kappa shape index (κ3) is 2.95. The highest BCUT2D eigenvalue weighted by Gasteiger charge is 2.33. The Morgan fingerprint density at radius 1 is 1.00 bits per heavy atom. The van der Waals surface area contributed by atoms with Crippen molar-refractivity contribution in [1.29, 1.82) is 0 Å². The summed E-state index contributed by atoms with van der Waals surface area (Å²) in [6.45, 7) is 2.73. The zero-order chi connectivity index (χ0) is 16.4. The molecule has 0 spiro atoms. The summed E-state index contributed by atoms with van der Waals surface area (Å²) >= 11 is 0. The number of carbonyl (C=O) groups is 1. The summed E-state index contributed by atoms with van der Waals surface area (Å²) in [6, 6.07) is 18.8. The van der Waals surface area contributed by atoms with Gasteiger partial charge in [0.1, 0.15) is 0 Å². The van der Waals surface area contributed by atoms with E-state index in [-0.39, 0.29) is 11.8 Å². The lowest BCUT2D eigenvalue weighted by molar-refractivity contribution is -0.159. The molecule has 124 valence electrons. The number of ether oxygens (including phenoxy) is 2. The largest absolute Gasteiger partial charge is 0.376 e. The molecule has 0 radical (unpaired) electrons. The van der Waals surface area contributed by atoms with E-state index in [9.17, 15) is 4.79 Å². The van der Waals surface area contributed by atoms with Gasteiger partial charge in [-0.2, -0.15) is 0 Å². The van der Waals surface area contributed by atoms with Gasteiger partial charge in [-0.25, -0.2) is 0 Å². The number of benzene rings is 2. The Hall–Kier alpha value is -2.17. The van der Waals surface area contributed by atoms with Crippen molar-refractivity contribution in [2.75, 3.05) is 26.4 Å². The molecule has 4 rings (SSSR count). The molecule has 4 nitrogen and oxygen atoms in total. The summed E-state index contributed by atoms with van der Waals surface area (Å²) in [6.07, 6.45) is -0.472. The van der Waals surface area contributed by atoms with Gasteiger partial charge >= 0.3 is 0 Å². The average molecular weight is 323 g/mol. The summed E-state index contributed by atoms with van der Waals surface area (Å²) in [5.74, 6) is 0.231. The molecule has 0 aromatic heterocycles. The lowest BCUT2D eigenvalue weighted by atomic mass is 9.84. The summed E-state index contributed by atoms with van der Waals surface area (Å²) in [7, 11) is 0. The van der Waals surface area contributed by atoms with E-state index in [0.29, 0.717) is 32.9 Å². The first-order valence-electron chi connectivity index (χ1n) is 8.44. The molecule has 1 fully saturated rings. The summed E-state index contributed by atoms with van der Waals surface area (Å²) in [4.78, 5) is 14.8. The Labute approximate surface area is 142 Å². The van der Waals surface area contributed by atoms with Crippen LogP contribution in [0.15, 0.2) is 54.6 Å². The number of fused-ring (bicyclic) bond motifs is 1. The molecule has 1 saturated heterocycles. The van der Waals surface area contributed by atoms with Crippen molar-refractivity contribution in [3.8, 4) is 0 Å². The van der Waals surface area contributed by atoms with Gasteiger partial charge in [0.2, 0.25) is 0 Å². The van der Waals surface area contributed by atoms with Crippen molar-refractivity contribution in [1.82, 2.24) is 4.90 Å². The Morgan fingerprint density at radius 3 is 2.58 bits per heavy atom. The normalized spacial score (nSPS) is 23.6. The van der Waals surface area contributed by atoms with Crippen molar-refractivity contribution in [3.05, 3.63) is 71.3 Å². The first-order chi connectivity index (χ1) is 11.8. The maximum Gasteiger partial charge on any atom is 0.254 e. The minimum Gasteiger partial charge on any atom is -0.376 e. The van der Waals surface area contributed by atoms with E-state index in [2.05, 4.69) is 42.5 Å². The molecule has 0 unspecified atom stereocenters. The fourth-order valence-corrected chi connectivity index (χ4v) is 3.58. The van der Waals surface area contributed by atoms with Crippen LogP contribution in [0.3, 0.4) is 0 Å². The third-order valence-corrected chi connectivity index (χ3v) is 4.80. The second-order valence-corrected chi connectivity index (χ2v) is 6.32. The number of hydrogen-bond donors (Lipinski definition) is 0. The van der Waals surface area contributed by atoms with Crippen LogP contribution in [0.25, 0.3) is 0 Å². The summed E-state index contributed by atoms with van der Waals surface area (Å²) < 4.78 is 11.0. The first kappa shape index (κ1) is 15.4. The van der Waals surface area contributed by atoms with Gasteiger partial charge in [-0.05, 0) is 16.7 Å². The quantitative estimate of drug-likeness (QED) is 0.853. The zero-order valence-corrected chi connectivity index (χ0v) is 13.6. The molecule has 24 heavy (non-hydrogen) atoms. The molecular formula is C20H21NO3. The molecule has 0 N–H and O–H groups in total. The minimum absolute atomic E-state index is 0.0325. The van der Waals surface area contributed by atoms with Crippen molar-refractivity contribution in [2.45, 2.75) is 18.6 Å². The molecule has 1 amide bonds. The molecule has 2 aliphatic heterocycles. The molecule has 2 heterocycles. The van der Waals surface area contributed by atoms with Crippen LogP contribution in [0.4, 0.5) is 0 Å². The van der Waals surface area contributed by atoms with Gasteiger partial charge in [0.15, 0.2) is 6.10 Å². The van der Waals surface area contributed by atoms with Gasteiger partial charge in [-0.3, -0.25) is 4.79 Å². The second kappa shape index (κ2) is 6.75. The van der Waals surface area contributed by atoms with Crippen LogP contribution >= 0.6 is 0 Å². The molecule has 2 aliphatic rings. The van der Waals surface area contributed by atoms with Gasteiger partial charge in [0.25, 0.3) is 5.91 Å². The molecule has 2 aromatic rings. The topological polar surface area (TPSA) is 38.8 Å². The van der Waals surface area contributed by atoms with Crippen LogP contribution in [-0.4, -0.2) is 43.3 Å². The summed E-state index contributed by atoms with van der Waals surface area (Å²) in [5.41, 5.74) is 3.76. The summed E-state index contributed by atoms with van der Waals surface area (Å²) in [5, 5.41) is 0. The number of carbonyl (C=O) groups excluding carboxylic acids is 1. The lowest BCUT2D eigenvalue weighted by Crippen LogP contribution is -2.48. The highest BCUT2D eigenvalue weighted by molar-refractivity contribution is 5.81. The maximum absolute atomic E-state index is 12.9. The average Bonchev–Trinajstić information content (AvgIpc) is 2.68. The minimum atomic E-state index is -0.472. The van der Waals surface area contributed by atoms with E-state index in [1.165, 1.54) is 16.7 Å². The van der Waals surface area contributed by atoms with Crippen molar-refractivity contribution >= 4 is 5.91 Å². The number of hydrogen-bond acceptors (Lipinski definition) is 3. The molecule has 2 aromatic carbocycles. The number of amides is 1. The molecular weight excluding hydrogens is 302 g/mol. The molecule has 0 bridgehead atoms. The maximum atomic E-state index is 12.9. The van der Waals surface area contributed by atoms with Gasteiger partial charge in [-0.1, -0.05) is 54.6 Å². The second-order valence-electron chi connectivity index (χ2n) is 6.32. The van der Waals surface area contributed by atoms with Crippen LogP contribution in [-0.2, 0) is 20.8 Å².